The SMILES string of the molecule is O=C(COc1ccc(Cl)c(F)c1)NC[C@@H](O)CCNC(=O)c1coc(-c2ccccc2)n1. The highest BCUT2D eigenvalue weighted by Crippen LogP contribution is 2.20. The van der Waals surface area contributed by atoms with E-state index >= 15 is 0 Å². The smallest absolute Gasteiger partial charge is 0.273 e. The van der Waals surface area contributed by atoms with Crippen LogP contribution in [-0.2, 0) is 4.79 Å². The summed E-state index contributed by atoms with van der Waals surface area (Å²) in [5.41, 5.74) is 0.880. The van der Waals surface area contributed by atoms with Crippen LogP contribution in [0.5, 0.6) is 5.75 Å². The molecule has 0 fully saturated rings. The van der Waals surface area contributed by atoms with Gasteiger partial charge < -0.3 is 24.9 Å². The van der Waals surface area contributed by atoms with E-state index in [1.54, 1.807) is 0 Å². The topological polar surface area (TPSA) is 114 Å². The Hall–Kier alpha value is -3.43. The second kappa shape index (κ2) is 11.3. The molecule has 8 nitrogen and oxygen atoms in total. The summed E-state index contributed by atoms with van der Waals surface area (Å²) in [6, 6.07) is 13.0. The van der Waals surface area contributed by atoms with Crippen LogP contribution in [-0.4, -0.2) is 47.7 Å². The van der Waals surface area contributed by atoms with Crippen molar-refractivity contribution in [2.24, 2.45) is 0 Å². The highest BCUT2D eigenvalue weighted by molar-refractivity contribution is 6.30. The highest BCUT2D eigenvalue weighted by Gasteiger charge is 2.14. The molecule has 3 rings (SSSR count). The second-order valence-corrected chi connectivity index (χ2v) is 7.18. The van der Waals surface area contributed by atoms with Gasteiger partial charge in [0, 0.05) is 24.7 Å². The van der Waals surface area contributed by atoms with Crippen molar-refractivity contribution < 1.29 is 28.2 Å². The number of rotatable bonds is 10. The van der Waals surface area contributed by atoms with E-state index in [4.69, 9.17) is 20.8 Å². The number of oxazole rings is 1. The maximum absolute atomic E-state index is 13.3. The van der Waals surface area contributed by atoms with E-state index in [0.717, 1.165) is 11.6 Å². The number of halogens is 2. The third kappa shape index (κ3) is 6.79. The van der Waals surface area contributed by atoms with Crippen molar-refractivity contribution in [2.45, 2.75) is 12.5 Å². The molecular weight excluding hydrogens is 441 g/mol. The summed E-state index contributed by atoms with van der Waals surface area (Å²) in [5, 5.41) is 15.1. The summed E-state index contributed by atoms with van der Waals surface area (Å²) >= 11 is 5.58. The molecule has 0 aliphatic heterocycles. The van der Waals surface area contributed by atoms with Gasteiger partial charge in [-0.15, -0.1) is 0 Å². The summed E-state index contributed by atoms with van der Waals surface area (Å²) in [6.45, 7) is -0.209. The Morgan fingerprint density at radius 2 is 1.97 bits per heavy atom. The molecule has 0 saturated heterocycles. The van der Waals surface area contributed by atoms with E-state index in [1.807, 2.05) is 30.3 Å². The fourth-order valence-corrected chi connectivity index (χ4v) is 2.75. The van der Waals surface area contributed by atoms with Crippen LogP contribution in [0.2, 0.25) is 5.02 Å². The summed E-state index contributed by atoms with van der Waals surface area (Å²) in [5.74, 6) is -1.07. The normalized spacial score (nSPS) is 11.6. The standard InChI is InChI=1S/C22H21ClFN3O5/c23-17-7-6-16(10-18(17)24)31-13-20(29)26-11-15(28)8-9-25-21(30)19-12-32-22(27-19)14-4-2-1-3-5-14/h1-7,10,12,15,28H,8-9,11,13H2,(H,25,30)(H,26,29)/t15-/m0/s1. The number of aliphatic hydroxyl groups is 1. The molecule has 32 heavy (non-hydrogen) atoms. The third-order valence-electron chi connectivity index (χ3n) is 4.32. The first-order chi connectivity index (χ1) is 15.4. The number of nitrogens with zero attached hydrogens (tertiary/aromatic N) is 1. The van der Waals surface area contributed by atoms with Gasteiger partial charge in [-0.1, -0.05) is 29.8 Å². The summed E-state index contributed by atoms with van der Waals surface area (Å²) < 4.78 is 23.8. The minimum absolute atomic E-state index is 0.0326. The van der Waals surface area contributed by atoms with Crippen molar-refractivity contribution in [3.8, 4) is 17.2 Å². The molecule has 0 aliphatic carbocycles. The first-order valence-corrected chi connectivity index (χ1v) is 10.1. The molecule has 2 amide bonds. The van der Waals surface area contributed by atoms with Crippen LogP contribution in [0.3, 0.4) is 0 Å². The van der Waals surface area contributed by atoms with Crippen molar-refractivity contribution in [3.63, 3.8) is 0 Å². The van der Waals surface area contributed by atoms with E-state index in [2.05, 4.69) is 15.6 Å². The lowest BCUT2D eigenvalue weighted by atomic mass is 10.2. The second-order valence-electron chi connectivity index (χ2n) is 6.77. The quantitative estimate of drug-likeness (QED) is 0.428. The maximum Gasteiger partial charge on any atom is 0.273 e. The van der Waals surface area contributed by atoms with Gasteiger partial charge in [-0.25, -0.2) is 9.37 Å². The molecule has 0 spiro atoms. The molecule has 1 atom stereocenters. The largest absolute Gasteiger partial charge is 0.484 e. The van der Waals surface area contributed by atoms with E-state index in [1.165, 1.54) is 18.4 Å². The lowest BCUT2D eigenvalue weighted by Gasteiger charge is -2.12. The third-order valence-corrected chi connectivity index (χ3v) is 4.62. The van der Waals surface area contributed by atoms with Gasteiger partial charge in [0.1, 0.15) is 17.8 Å². The van der Waals surface area contributed by atoms with Crippen LogP contribution in [0.15, 0.2) is 59.2 Å². The van der Waals surface area contributed by atoms with Crippen LogP contribution in [0.1, 0.15) is 16.9 Å². The van der Waals surface area contributed by atoms with Crippen LogP contribution in [0.25, 0.3) is 11.5 Å². The molecule has 1 aromatic heterocycles. The Morgan fingerprint density at radius 1 is 1.19 bits per heavy atom. The monoisotopic (exact) mass is 461 g/mol. The number of aromatic nitrogens is 1. The number of carbonyl (C=O) groups excluding carboxylic acids is 2. The number of ether oxygens (including phenoxy) is 1. The average Bonchev–Trinajstić information content (AvgIpc) is 3.29. The maximum atomic E-state index is 13.3. The molecule has 3 N–H and O–H groups in total. The van der Waals surface area contributed by atoms with Gasteiger partial charge in [0.15, 0.2) is 12.3 Å². The molecule has 0 bridgehead atoms. The Balaban J connectivity index is 1.33. The average molecular weight is 462 g/mol. The molecule has 3 aromatic rings. The summed E-state index contributed by atoms with van der Waals surface area (Å²) in [4.78, 5) is 28.1. The van der Waals surface area contributed by atoms with Crippen molar-refractivity contribution in [1.82, 2.24) is 15.6 Å². The number of hydrogen-bond donors (Lipinski definition) is 3. The molecule has 10 heteroatoms. The minimum atomic E-state index is -0.885. The lowest BCUT2D eigenvalue weighted by Crippen LogP contribution is -2.37. The predicted octanol–water partition coefficient (Wildman–Crippen LogP) is 2.81. The molecule has 0 aliphatic rings. The zero-order valence-corrected chi connectivity index (χ0v) is 17.6. The van der Waals surface area contributed by atoms with Gasteiger partial charge in [0.2, 0.25) is 5.89 Å². The molecule has 2 aromatic carbocycles. The van der Waals surface area contributed by atoms with Gasteiger partial charge in [-0.3, -0.25) is 9.59 Å². The van der Waals surface area contributed by atoms with Gasteiger partial charge in [0.05, 0.1) is 11.1 Å². The Labute approximate surface area is 188 Å². The fourth-order valence-electron chi connectivity index (χ4n) is 2.63. The van der Waals surface area contributed by atoms with Gasteiger partial charge in [-0.05, 0) is 30.7 Å². The predicted molar refractivity (Wildman–Crippen MR) is 115 cm³/mol. The summed E-state index contributed by atoms with van der Waals surface area (Å²) in [6.07, 6.45) is 0.587. The van der Waals surface area contributed by atoms with Crippen LogP contribution >= 0.6 is 11.6 Å². The van der Waals surface area contributed by atoms with Crippen molar-refractivity contribution in [3.05, 3.63) is 71.3 Å². The van der Waals surface area contributed by atoms with Gasteiger partial charge >= 0.3 is 0 Å². The van der Waals surface area contributed by atoms with E-state index < -0.39 is 23.7 Å². The fraction of sp³-hybridized carbons (Fsp3) is 0.227. The number of benzene rings is 2. The zero-order chi connectivity index (χ0) is 22.9. The number of nitrogens with one attached hydrogen (secondary N) is 2. The molecule has 0 radical (unpaired) electrons. The number of amides is 2. The molecule has 1 heterocycles. The molecule has 0 unspecified atom stereocenters. The first-order valence-electron chi connectivity index (χ1n) is 9.74. The van der Waals surface area contributed by atoms with E-state index in [0.29, 0.717) is 5.89 Å². The minimum Gasteiger partial charge on any atom is -0.484 e. The lowest BCUT2D eigenvalue weighted by molar-refractivity contribution is -0.123. The molecular formula is C22H21ClFN3O5. The van der Waals surface area contributed by atoms with E-state index in [-0.39, 0.29) is 42.6 Å². The van der Waals surface area contributed by atoms with Crippen molar-refractivity contribution >= 4 is 23.4 Å². The van der Waals surface area contributed by atoms with Gasteiger partial charge in [0.25, 0.3) is 11.8 Å². The molecule has 0 saturated carbocycles. The van der Waals surface area contributed by atoms with Gasteiger partial charge in [-0.2, -0.15) is 0 Å². The van der Waals surface area contributed by atoms with E-state index in [9.17, 15) is 19.1 Å². The van der Waals surface area contributed by atoms with Crippen LogP contribution < -0.4 is 15.4 Å². The highest BCUT2D eigenvalue weighted by atomic mass is 35.5. The van der Waals surface area contributed by atoms with Crippen LogP contribution in [0, 0.1) is 5.82 Å². The van der Waals surface area contributed by atoms with Crippen molar-refractivity contribution in [1.29, 1.82) is 0 Å². The first kappa shape index (κ1) is 23.2. The number of aliphatic hydroxyl groups excluding tert-OH is 1. The summed E-state index contributed by atoms with van der Waals surface area (Å²) in [7, 11) is 0. The Bertz CT molecular complexity index is 1060. The zero-order valence-electron chi connectivity index (χ0n) is 16.9. The van der Waals surface area contributed by atoms with Crippen molar-refractivity contribution in [2.75, 3.05) is 19.7 Å². The van der Waals surface area contributed by atoms with Crippen LogP contribution in [0.4, 0.5) is 4.39 Å². The number of carbonyl (C=O) groups is 2. The Kier molecular flexibility index (Phi) is 8.18. The Morgan fingerprint density at radius 3 is 2.72 bits per heavy atom. The number of hydrogen-bond acceptors (Lipinski definition) is 6. The molecule has 168 valence electrons.